The van der Waals surface area contributed by atoms with Crippen molar-refractivity contribution in [2.24, 2.45) is 0 Å². The number of H-pyrrole nitrogens is 1. The van der Waals surface area contributed by atoms with Gasteiger partial charge in [-0.05, 0) is 28.9 Å². The highest BCUT2D eigenvalue weighted by molar-refractivity contribution is 14.1. The maximum absolute atomic E-state index is 13.6. The first-order valence-corrected chi connectivity index (χ1v) is 9.11. The standard InChI is InChI=1S/C15H14FIN8O2/c16-10-2-1-8(3-7(10)4-17)22-14(19)12-11(24-27-25-12)6-20-15(26)9-5-21-23-13(9)18/h1-3,5H,4,6H2,(H2,19,22)(H,20,26)(H3,18,21,23). The van der Waals surface area contributed by atoms with Gasteiger partial charge in [0.05, 0.1) is 12.7 Å². The maximum atomic E-state index is 13.6. The molecule has 0 spiro atoms. The first-order chi connectivity index (χ1) is 13.0. The zero-order valence-electron chi connectivity index (χ0n) is 13.7. The molecule has 0 aliphatic rings. The number of halogens is 2. The van der Waals surface area contributed by atoms with Crippen molar-refractivity contribution in [2.45, 2.75) is 11.0 Å². The Labute approximate surface area is 165 Å². The number of aromatic nitrogens is 4. The number of aromatic amines is 1. The van der Waals surface area contributed by atoms with Gasteiger partial charge in [-0.3, -0.25) is 15.3 Å². The van der Waals surface area contributed by atoms with Gasteiger partial charge in [-0.2, -0.15) is 5.10 Å². The summed E-state index contributed by atoms with van der Waals surface area (Å²) >= 11 is 2.05. The molecule has 1 aromatic carbocycles. The SMILES string of the molecule is N=C(Nc1ccc(F)c(CI)c1)c1nonc1CNC(=O)c1cn[nH]c1N. The first-order valence-electron chi connectivity index (χ1n) is 7.58. The summed E-state index contributed by atoms with van der Waals surface area (Å²) in [6.07, 6.45) is 1.30. The minimum absolute atomic E-state index is 0.0330. The molecule has 0 unspecified atom stereocenters. The lowest BCUT2D eigenvalue weighted by Gasteiger charge is -2.08. The predicted molar refractivity (Wildman–Crippen MR) is 103 cm³/mol. The molecule has 0 saturated carbocycles. The van der Waals surface area contributed by atoms with Crippen molar-refractivity contribution in [2.75, 3.05) is 11.1 Å². The molecule has 2 heterocycles. The number of nitrogen functional groups attached to an aromatic ring is 1. The van der Waals surface area contributed by atoms with E-state index in [1.807, 2.05) is 0 Å². The molecule has 10 nitrogen and oxygen atoms in total. The number of hydrogen-bond acceptors (Lipinski definition) is 7. The highest BCUT2D eigenvalue weighted by Crippen LogP contribution is 2.18. The van der Waals surface area contributed by atoms with E-state index in [1.54, 1.807) is 6.07 Å². The van der Waals surface area contributed by atoms with Crippen molar-refractivity contribution < 1.29 is 13.8 Å². The van der Waals surface area contributed by atoms with Crippen LogP contribution in [0.2, 0.25) is 0 Å². The highest BCUT2D eigenvalue weighted by Gasteiger charge is 2.18. The highest BCUT2D eigenvalue weighted by atomic mass is 127. The van der Waals surface area contributed by atoms with Crippen LogP contribution < -0.4 is 16.4 Å². The minimum Gasteiger partial charge on any atom is -0.383 e. The van der Waals surface area contributed by atoms with Gasteiger partial charge in [0.25, 0.3) is 5.91 Å². The first kappa shape index (κ1) is 18.8. The molecule has 3 rings (SSSR count). The summed E-state index contributed by atoms with van der Waals surface area (Å²) in [6.45, 7) is -0.0330. The van der Waals surface area contributed by atoms with Crippen LogP contribution in [-0.2, 0) is 11.0 Å². The third kappa shape index (κ3) is 4.21. The van der Waals surface area contributed by atoms with E-state index in [0.717, 1.165) is 0 Å². The lowest BCUT2D eigenvalue weighted by molar-refractivity contribution is 0.0951. The van der Waals surface area contributed by atoms with Gasteiger partial charge < -0.3 is 16.4 Å². The monoisotopic (exact) mass is 484 g/mol. The fourth-order valence-electron chi connectivity index (χ4n) is 2.21. The van der Waals surface area contributed by atoms with Gasteiger partial charge >= 0.3 is 0 Å². The van der Waals surface area contributed by atoms with Crippen LogP contribution in [0.3, 0.4) is 0 Å². The zero-order valence-corrected chi connectivity index (χ0v) is 15.9. The molecule has 140 valence electrons. The van der Waals surface area contributed by atoms with E-state index in [4.69, 9.17) is 11.1 Å². The molecule has 2 aromatic heterocycles. The van der Waals surface area contributed by atoms with Crippen LogP contribution in [0.25, 0.3) is 0 Å². The van der Waals surface area contributed by atoms with E-state index in [0.29, 0.717) is 15.7 Å². The van der Waals surface area contributed by atoms with E-state index in [1.165, 1.54) is 18.3 Å². The van der Waals surface area contributed by atoms with Crippen LogP contribution in [0.4, 0.5) is 15.9 Å². The molecular weight excluding hydrogens is 470 g/mol. The topological polar surface area (TPSA) is 159 Å². The van der Waals surface area contributed by atoms with E-state index >= 15 is 0 Å². The second-order valence-corrected chi connectivity index (χ2v) is 6.14. The molecule has 12 heteroatoms. The smallest absolute Gasteiger partial charge is 0.256 e. The number of benzene rings is 1. The molecule has 0 fully saturated rings. The Morgan fingerprint density at radius 3 is 2.93 bits per heavy atom. The summed E-state index contributed by atoms with van der Waals surface area (Å²) in [5.41, 5.74) is 7.19. The number of anilines is 2. The fourth-order valence-corrected chi connectivity index (χ4v) is 2.79. The largest absolute Gasteiger partial charge is 0.383 e. The summed E-state index contributed by atoms with van der Waals surface area (Å²) in [5.74, 6) is -0.733. The molecule has 0 aliphatic carbocycles. The van der Waals surface area contributed by atoms with Gasteiger partial charge in [0.1, 0.15) is 22.9 Å². The van der Waals surface area contributed by atoms with E-state index in [-0.39, 0.29) is 41.0 Å². The third-order valence-corrected chi connectivity index (χ3v) is 4.40. The Morgan fingerprint density at radius 2 is 2.22 bits per heavy atom. The van der Waals surface area contributed by atoms with Gasteiger partial charge in [-0.1, -0.05) is 27.7 Å². The van der Waals surface area contributed by atoms with Gasteiger partial charge in [-0.15, -0.1) is 0 Å². The Bertz CT molecular complexity index is 986. The summed E-state index contributed by atoms with van der Waals surface area (Å²) in [5, 5.41) is 27.1. The molecule has 0 bridgehead atoms. The lowest BCUT2D eigenvalue weighted by atomic mass is 10.2. The molecule has 0 aliphatic heterocycles. The van der Waals surface area contributed by atoms with Crippen LogP contribution >= 0.6 is 22.6 Å². The van der Waals surface area contributed by atoms with Crippen molar-refractivity contribution in [1.82, 2.24) is 25.8 Å². The van der Waals surface area contributed by atoms with Crippen LogP contribution in [0, 0.1) is 11.2 Å². The van der Waals surface area contributed by atoms with Gasteiger partial charge in [0.15, 0.2) is 11.5 Å². The van der Waals surface area contributed by atoms with Crippen LogP contribution in [0.5, 0.6) is 0 Å². The fraction of sp³-hybridized carbons (Fsp3) is 0.133. The second kappa shape index (κ2) is 8.11. The molecule has 1 amide bonds. The minimum atomic E-state index is -0.458. The number of rotatable bonds is 6. The average molecular weight is 484 g/mol. The number of hydrogen-bond donors (Lipinski definition) is 5. The number of carbonyl (C=O) groups is 1. The summed E-state index contributed by atoms with van der Waals surface area (Å²) < 4.78 is 18.8. The lowest BCUT2D eigenvalue weighted by Crippen LogP contribution is -2.25. The number of nitrogens with one attached hydrogen (secondary N) is 4. The third-order valence-electron chi connectivity index (χ3n) is 3.58. The van der Waals surface area contributed by atoms with Gasteiger partial charge in [-0.25, -0.2) is 9.02 Å². The molecule has 0 saturated heterocycles. The molecule has 3 aromatic rings. The number of amidine groups is 1. The van der Waals surface area contributed by atoms with E-state index in [2.05, 4.69) is 58.4 Å². The summed E-state index contributed by atoms with van der Waals surface area (Å²) in [4.78, 5) is 12.1. The second-order valence-electron chi connectivity index (χ2n) is 5.38. The van der Waals surface area contributed by atoms with Crippen molar-refractivity contribution >= 4 is 45.8 Å². The average Bonchev–Trinajstić information content (AvgIpc) is 3.30. The quantitative estimate of drug-likeness (QED) is 0.155. The predicted octanol–water partition coefficient (Wildman–Crippen LogP) is 1.82. The molecule has 27 heavy (non-hydrogen) atoms. The van der Waals surface area contributed by atoms with Gasteiger partial charge in [0.2, 0.25) is 0 Å². The maximum Gasteiger partial charge on any atom is 0.256 e. The van der Waals surface area contributed by atoms with E-state index < -0.39 is 5.91 Å². The van der Waals surface area contributed by atoms with Crippen LogP contribution in [0.1, 0.15) is 27.3 Å². The molecule has 0 radical (unpaired) electrons. The Morgan fingerprint density at radius 1 is 1.41 bits per heavy atom. The normalized spacial score (nSPS) is 10.6. The van der Waals surface area contributed by atoms with Crippen molar-refractivity contribution in [3.63, 3.8) is 0 Å². The molecule has 0 atom stereocenters. The molecule has 6 N–H and O–H groups in total. The van der Waals surface area contributed by atoms with Crippen molar-refractivity contribution in [1.29, 1.82) is 5.41 Å². The number of alkyl halides is 1. The number of carbonyl (C=O) groups excluding carboxylic acids is 1. The van der Waals surface area contributed by atoms with Crippen molar-refractivity contribution in [3.05, 3.63) is 52.7 Å². The number of nitrogens with two attached hydrogens (primary N) is 1. The molecular formula is C15H14FIN8O2. The Hall–Kier alpha value is -3.03. The summed E-state index contributed by atoms with van der Waals surface area (Å²) in [7, 11) is 0. The number of amides is 1. The van der Waals surface area contributed by atoms with E-state index in [9.17, 15) is 9.18 Å². The van der Waals surface area contributed by atoms with Crippen molar-refractivity contribution in [3.8, 4) is 0 Å². The van der Waals surface area contributed by atoms with Crippen LogP contribution in [0.15, 0.2) is 29.0 Å². The Balaban J connectivity index is 1.68. The van der Waals surface area contributed by atoms with Crippen LogP contribution in [-0.4, -0.2) is 32.3 Å². The Kier molecular flexibility index (Phi) is 5.63. The van der Waals surface area contributed by atoms with Gasteiger partial charge in [0, 0.05) is 10.1 Å². The zero-order chi connectivity index (χ0) is 19.4. The number of nitrogens with zero attached hydrogens (tertiary/aromatic N) is 3. The summed E-state index contributed by atoms with van der Waals surface area (Å²) in [6, 6.07) is 4.43.